The van der Waals surface area contributed by atoms with Crippen molar-refractivity contribution in [1.82, 2.24) is 0 Å². The minimum Gasteiger partial charge on any atom is -0.493 e. The van der Waals surface area contributed by atoms with Gasteiger partial charge in [-0.25, -0.2) is 0 Å². The lowest BCUT2D eigenvalue weighted by molar-refractivity contribution is -0.232. The normalized spacial score (nSPS) is 42.6. The van der Waals surface area contributed by atoms with Crippen LogP contribution >= 0.6 is 0 Å². The molecule has 0 unspecified atom stereocenters. The number of benzene rings is 1. The van der Waals surface area contributed by atoms with Crippen molar-refractivity contribution in [2.75, 3.05) is 21.3 Å². The fraction of sp³-hybridized carbons (Fsp3) is 0.700. The Hall–Kier alpha value is -2.56. The summed E-state index contributed by atoms with van der Waals surface area (Å²) in [6, 6.07) is 5.89. The topological polar surface area (TPSA) is 61.8 Å². The predicted molar refractivity (Wildman–Crippen MR) is 179 cm³/mol. The van der Waals surface area contributed by atoms with Crippen LogP contribution < -0.4 is 9.47 Å². The zero-order valence-electron chi connectivity index (χ0n) is 29.3. The molecule has 246 valence electrons. The van der Waals surface area contributed by atoms with Gasteiger partial charge in [0.15, 0.2) is 17.3 Å². The molecule has 6 rings (SSSR count). The van der Waals surface area contributed by atoms with Crippen LogP contribution in [0.1, 0.15) is 105 Å². The number of Topliss-reactive ketones (excluding diaryl/α,β-unsaturated/α-hetero) is 1. The van der Waals surface area contributed by atoms with Crippen LogP contribution in [0.25, 0.3) is 6.08 Å². The van der Waals surface area contributed by atoms with Gasteiger partial charge in [-0.1, -0.05) is 58.9 Å². The molecule has 0 saturated heterocycles. The highest BCUT2D eigenvalue weighted by atomic mass is 16.5. The van der Waals surface area contributed by atoms with Crippen molar-refractivity contribution in [1.29, 1.82) is 0 Å². The highest BCUT2D eigenvalue weighted by molar-refractivity contribution is 6.04. The molecule has 5 fully saturated rings. The Kier molecular flexibility index (Phi) is 7.73. The Morgan fingerprint density at radius 3 is 2.27 bits per heavy atom. The van der Waals surface area contributed by atoms with E-state index < -0.39 is 5.41 Å². The van der Waals surface area contributed by atoms with Crippen molar-refractivity contribution in [3.8, 4) is 11.5 Å². The first kappa shape index (κ1) is 32.4. The number of rotatable bonds is 5. The zero-order chi connectivity index (χ0) is 32.7. The fourth-order valence-electron chi connectivity index (χ4n) is 12.9. The number of esters is 1. The third-order valence-electron chi connectivity index (χ3n) is 15.0. The van der Waals surface area contributed by atoms with Crippen molar-refractivity contribution in [3.63, 3.8) is 0 Å². The van der Waals surface area contributed by atoms with Crippen LogP contribution in [0.5, 0.6) is 11.5 Å². The molecule has 0 amide bonds. The molecule has 45 heavy (non-hydrogen) atoms. The summed E-state index contributed by atoms with van der Waals surface area (Å²) in [7, 11) is 4.89. The van der Waals surface area contributed by atoms with Gasteiger partial charge in [0, 0.05) is 11.0 Å². The first-order valence-electron chi connectivity index (χ1n) is 17.4. The summed E-state index contributed by atoms with van der Waals surface area (Å²) in [5.74, 6) is 3.58. The Morgan fingerprint density at radius 1 is 0.889 bits per heavy atom. The lowest BCUT2D eigenvalue weighted by Crippen LogP contribution is -2.67. The van der Waals surface area contributed by atoms with Gasteiger partial charge in [-0.15, -0.1) is 0 Å². The summed E-state index contributed by atoms with van der Waals surface area (Å²) in [4.78, 5) is 27.9. The second-order valence-corrected chi connectivity index (χ2v) is 16.8. The summed E-state index contributed by atoms with van der Waals surface area (Å²) < 4.78 is 16.9. The predicted octanol–water partition coefficient (Wildman–Crippen LogP) is 9.10. The van der Waals surface area contributed by atoms with E-state index >= 15 is 0 Å². The Balaban J connectivity index is 1.42. The average molecular weight is 617 g/mol. The molecule has 1 aromatic rings. The molecule has 5 saturated carbocycles. The summed E-state index contributed by atoms with van der Waals surface area (Å²) in [5.41, 5.74) is 2.41. The molecular weight excluding hydrogens is 560 g/mol. The number of fused-ring (bicyclic) bond motifs is 7. The smallest absolute Gasteiger partial charge is 0.312 e. The number of carbonyl (C=O) groups is 2. The summed E-state index contributed by atoms with van der Waals surface area (Å²) in [6.45, 7) is 18.7. The largest absolute Gasteiger partial charge is 0.493 e. The molecule has 1 aromatic carbocycles. The third kappa shape index (κ3) is 4.23. The monoisotopic (exact) mass is 616 g/mol. The van der Waals surface area contributed by atoms with E-state index in [-0.39, 0.29) is 33.4 Å². The second-order valence-electron chi connectivity index (χ2n) is 16.8. The molecule has 0 aromatic heterocycles. The number of methoxy groups -OCH3 is 3. The maximum atomic E-state index is 14.3. The van der Waals surface area contributed by atoms with Gasteiger partial charge < -0.3 is 14.2 Å². The molecule has 0 bridgehead atoms. The molecule has 5 heteroatoms. The van der Waals surface area contributed by atoms with Crippen LogP contribution in [0.3, 0.4) is 0 Å². The molecule has 0 aliphatic heterocycles. The molecule has 5 aliphatic rings. The molecule has 5 aliphatic carbocycles. The van der Waals surface area contributed by atoms with E-state index in [0.717, 1.165) is 68.9 Å². The minimum atomic E-state index is -0.451. The standard InChI is InChI=1S/C40H56O5/c1-24(2)27-16-19-40(35(42)45-10)21-20-38(6)28(32(27)40)14-15-31-37(5)23-26(22-25-12-11-13-29(43-8)33(25)44-9)34(41)36(3,4)30(37)17-18-39(31,38)7/h11-13,22,27-28,30-32H,1,14-21,23H2,2-10H3/b26-22+/t27-,28-,30-,31-,32-,37-,38+,39-,40-/m0/s1. The third-order valence-corrected chi connectivity index (χ3v) is 15.0. The van der Waals surface area contributed by atoms with Crippen LogP contribution in [-0.4, -0.2) is 33.1 Å². The Bertz CT molecular complexity index is 1440. The van der Waals surface area contributed by atoms with E-state index in [2.05, 4.69) is 54.2 Å². The number of para-hydroxylation sites is 1. The fourth-order valence-corrected chi connectivity index (χ4v) is 12.9. The van der Waals surface area contributed by atoms with Crippen molar-refractivity contribution >= 4 is 17.8 Å². The maximum Gasteiger partial charge on any atom is 0.312 e. The van der Waals surface area contributed by atoms with Crippen LogP contribution in [-0.2, 0) is 14.3 Å². The molecule has 0 radical (unpaired) electrons. The van der Waals surface area contributed by atoms with Gasteiger partial charge in [-0.05, 0) is 128 Å². The maximum absolute atomic E-state index is 14.3. The van der Waals surface area contributed by atoms with Gasteiger partial charge >= 0.3 is 5.97 Å². The van der Waals surface area contributed by atoms with Gasteiger partial charge in [0.1, 0.15) is 0 Å². The molecule has 5 nitrogen and oxygen atoms in total. The van der Waals surface area contributed by atoms with Gasteiger partial charge in [-0.3, -0.25) is 9.59 Å². The van der Waals surface area contributed by atoms with Crippen LogP contribution in [0.15, 0.2) is 35.9 Å². The van der Waals surface area contributed by atoms with E-state index in [1.54, 1.807) is 21.3 Å². The highest BCUT2D eigenvalue weighted by Crippen LogP contribution is 2.77. The van der Waals surface area contributed by atoms with Gasteiger partial charge in [0.25, 0.3) is 0 Å². The van der Waals surface area contributed by atoms with Crippen molar-refractivity contribution in [2.24, 2.45) is 56.7 Å². The second kappa shape index (κ2) is 10.7. The highest BCUT2D eigenvalue weighted by Gasteiger charge is 2.72. The number of ketones is 1. The van der Waals surface area contributed by atoms with Gasteiger partial charge in [0.05, 0.1) is 26.7 Å². The molecule has 0 N–H and O–H groups in total. The zero-order valence-corrected chi connectivity index (χ0v) is 29.3. The number of hydrogen-bond donors (Lipinski definition) is 0. The minimum absolute atomic E-state index is 0.0107. The SMILES string of the molecule is C=C(C)[C@@H]1CC[C@]2(C(=O)OC)CC[C@]3(C)[C@@H](CC[C@H]4[C@@]5(C)C/C(=C\c6cccc(OC)c6OC)C(=O)C(C)(C)[C@@H]5CC[C@@]43C)[C@H]12. The number of carbonyl (C=O) groups excluding carboxylic acids is 2. The van der Waals surface area contributed by atoms with E-state index in [1.165, 1.54) is 5.57 Å². The van der Waals surface area contributed by atoms with Crippen LogP contribution in [0, 0.1) is 56.7 Å². The summed E-state index contributed by atoms with van der Waals surface area (Å²) >= 11 is 0. The molecule has 9 atom stereocenters. The first-order valence-corrected chi connectivity index (χ1v) is 17.4. The lowest BCUT2D eigenvalue weighted by atomic mass is 9.32. The molecule has 0 spiro atoms. The van der Waals surface area contributed by atoms with E-state index in [0.29, 0.717) is 41.1 Å². The Labute approximate surface area is 271 Å². The van der Waals surface area contributed by atoms with E-state index in [1.807, 2.05) is 18.2 Å². The van der Waals surface area contributed by atoms with Crippen LogP contribution in [0.4, 0.5) is 0 Å². The van der Waals surface area contributed by atoms with Gasteiger partial charge in [0.2, 0.25) is 0 Å². The number of hydrogen-bond acceptors (Lipinski definition) is 5. The van der Waals surface area contributed by atoms with Crippen molar-refractivity contribution in [2.45, 2.75) is 99.3 Å². The van der Waals surface area contributed by atoms with Crippen molar-refractivity contribution in [3.05, 3.63) is 41.5 Å². The van der Waals surface area contributed by atoms with Crippen molar-refractivity contribution < 1.29 is 23.8 Å². The molecular formula is C40H56O5. The van der Waals surface area contributed by atoms with Crippen LogP contribution in [0.2, 0.25) is 0 Å². The number of allylic oxidation sites excluding steroid dienone is 2. The molecule has 0 heterocycles. The average Bonchev–Trinajstić information content (AvgIpc) is 3.41. The summed E-state index contributed by atoms with van der Waals surface area (Å²) in [5, 5.41) is 0. The quantitative estimate of drug-likeness (QED) is 0.188. The Morgan fingerprint density at radius 2 is 1.62 bits per heavy atom. The van der Waals surface area contributed by atoms with E-state index in [4.69, 9.17) is 14.2 Å². The first-order chi connectivity index (χ1) is 21.2. The summed E-state index contributed by atoms with van der Waals surface area (Å²) in [6.07, 6.45) is 11.3. The number of ether oxygens (including phenoxy) is 3. The van der Waals surface area contributed by atoms with Gasteiger partial charge in [-0.2, -0.15) is 0 Å². The lowest BCUT2D eigenvalue weighted by Gasteiger charge is -2.72. The van der Waals surface area contributed by atoms with E-state index in [9.17, 15) is 9.59 Å².